The van der Waals surface area contributed by atoms with E-state index in [2.05, 4.69) is 13.8 Å². The Hall–Kier alpha value is -0.570. The molecule has 0 N–H and O–H groups in total. The van der Waals surface area contributed by atoms with Crippen molar-refractivity contribution >= 4 is 29.0 Å². The smallest absolute Gasteiger partial charge is 0.188 e. The van der Waals surface area contributed by atoms with Crippen molar-refractivity contribution in [2.45, 2.75) is 26.7 Å². The van der Waals surface area contributed by atoms with Crippen LogP contribution in [0.1, 0.15) is 37.0 Å². The van der Waals surface area contributed by atoms with E-state index in [0.29, 0.717) is 28.1 Å². The van der Waals surface area contributed by atoms with Gasteiger partial charge in [-0.25, -0.2) is 0 Å². The van der Waals surface area contributed by atoms with Crippen molar-refractivity contribution in [3.63, 3.8) is 0 Å². The average Bonchev–Trinajstić information content (AvgIpc) is 2.37. The minimum atomic E-state index is -0.0699. The van der Waals surface area contributed by atoms with Crippen LogP contribution in [0.25, 0.3) is 0 Å². The molecular weight excluding hydrogens is 271 g/mol. The zero-order valence-electron chi connectivity index (χ0n) is 10.7. The van der Waals surface area contributed by atoms with Gasteiger partial charge in [0.05, 0.1) is 10.0 Å². The Morgan fingerprint density at radius 2 is 1.89 bits per heavy atom. The van der Waals surface area contributed by atoms with Gasteiger partial charge in [-0.1, -0.05) is 49.9 Å². The number of carbonyl (C=O) groups excluding carboxylic acids is 1. The maximum Gasteiger partial charge on any atom is 0.188 e. The fourth-order valence-electron chi connectivity index (χ4n) is 1.60. The normalized spacial score (nSPS) is 10.9. The Morgan fingerprint density at radius 1 is 1.22 bits per heavy atom. The van der Waals surface area contributed by atoms with E-state index in [1.807, 2.05) is 0 Å². The van der Waals surface area contributed by atoms with Crippen LogP contribution in [-0.2, 0) is 4.74 Å². The molecule has 0 heterocycles. The first kappa shape index (κ1) is 15.5. The summed E-state index contributed by atoms with van der Waals surface area (Å²) in [6, 6.07) is 4.86. The number of hydrogen-bond acceptors (Lipinski definition) is 2. The van der Waals surface area contributed by atoms with E-state index in [9.17, 15) is 4.79 Å². The number of hydrogen-bond donors (Lipinski definition) is 0. The predicted octanol–water partition coefficient (Wildman–Crippen LogP) is 4.63. The molecule has 0 aromatic heterocycles. The molecule has 0 saturated heterocycles. The second kappa shape index (κ2) is 7.78. The molecule has 0 aliphatic carbocycles. The van der Waals surface area contributed by atoms with Crippen LogP contribution in [-0.4, -0.2) is 19.0 Å². The van der Waals surface area contributed by atoms with Gasteiger partial charge in [-0.15, -0.1) is 0 Å². The molecule has 4 heteroatoms. The second-order valence-corrected chi connectivity index (χ2v) is 5.06. The van der Waals surface area contributed by atoms with Crippen molar-refractivity contribution in [3.8, 4) is 0 Å². The Labute approximate surface area is 118 Å². The van der Waals surface area contributed by atoms with E-state index >= 15 is 0 Å². The predicted molar refractivity (Wildman–Crippen MR) is 75.7 cm³/mol. The van der Waals surface area contributed by atoms with Crippen molar-refractivity contribution in [2.75, 3.05) is 13.2 Å². The molecular formula is C14H18Cl2O2. The number of ketones is 1. The van der Waals surface area contributed by atoms with Crippen molar-refractivity contribution < 1.29 is 9.53 Å². The van der Waals surface area contributed by atoms with Gasteiger partial charge >= 0.3 is 0 Å². The highest BCUT2D eigenvalue weighted by molar-refractivity contribution is 6.42. The summed E-state index contributed by atoms with van der Waals surface area (Å²) in [5, 5.41) is 0.841. The third-order valence-corrected chi connectivity index (χ3v) is 3.72. The van der Waals surface area contributed by atoms with Crippen molar-refractivity contribution in [2.24, 2.45) is 5.92 Å². The van der Waals surface area contributed by atoms with Gasteiger partial charge in [-0.2, -0.15) is 0 Å². The molecule has 0 aliphatic rings. The van der Waals surface area contributed by atoms with Gasteiger partial charge in [0.2, 0.25) is 0 Å². The van der Waals surface area contributed by atoms with Gasteiger partial charge in [0, 0.05) is 12.2 Å². The first-order chi connectivity index (χ1) is 8.58. The maximum absolute atomic E-state index is 11.8. The Kier molecular flexibility index (Phi) is 6.69. The Morgan fingerprint density at radius 3 is 2.44 bits per heavy atom. The minimum absolute atomic E-state index is 0.0699. The molecule has 1 aromatic rings. The van der Waals surface area contributed by atoms with Crippen LogP contribution in [0.5, 0.6) is 0 Å². The van der Waals surface area contributed by atoms with E-state index < -0.39 is 0 Å². The minimum Gasteiger partial charge on any atom is -0.373 e. The standard InChI is InChI=1S/C14H18Cl2O2/c1-3-10(4-2)8-18-9-14(17)11-5-6-12(15)13(16)7-11/h5-7,10H,3-4,8-9H2,1-2H3. The third kappa shape index (κ3) is 4.60. The molecule has 1 aromatic carbocycles. The summed E-state index contributed by atoms with van der Waals surface area (Å²) >= 11 is 11.7. The lowest BCUT2D eigenvalue weighted by molar-refractivity contribution is 0.0666. The van der Waals surface area contributed by atoms with Crippen LogP contribution < -0.4 is 0 Å². The molecule has 0 amide bonds. The quantitative estimate of drug-likeness (QED) is 0.684. The molecule has 0 spiro atoms. The van der Waals surface area contributed by atoms with Crippen LogP contribution in [0.2, 0.25) is 10.0 Å². The molecule has 0 aliphatic heterocycles. The van der Waals surface area contributed by atoms with Gasteiger partial charge in [0.1, 0.15) is 6.61 Å². The molecule has 18 heavy (non-hydrogen) atoms. The fraction of sp³-hybridized carbons (Fsp3) is 0.500. The lowest BCUT2D eigenvalue weighted by Gasteiger charge is -2.12. The van der Waals surface area contributed by atoms with Gasteiger partial charge in [0.15, 0.2) is 5.78 Å². The molecule has 0 atom stereocenters. The van der Waals surface area contributed by atoms with Crippen molar-refractivity contribution in [1.82, 2.24) is 0 Å². The molecule has 0 radical (unpaired) electrons. The average molecular weight is 289 g/mol. The van der Waals surface area contributed by atoms with Crippen LogP contribution in [0, 0.1) is 5.92 Å². The number of benzene rings is 1. The summed E-state index contributed by atoms with van der Waals surface area (Å²) in [5.74, 6) is 0.450. The zero-order chi connectivity index (χ0) is 13.5. The van der Waals surface area contributed by atoms with Gasteiger partial charge in [-0.05, 0) is 24.1 Å². The van der Waals surface area contributed by atoms with E-state index in [-0.39, 0.29) is 12.4 Å². The topological polar surface area (TPSA) is 26.3 Å². The SMILES string of the molecule is CCC(CC)COCC(=O)c1ccc(Cl)c(Cl)c1. The lowest BCUT2D eigenvalue weighted by atomic mass is 10.1. The van der Waals surface area contributed by atoms with E-state index in [0.717, 1.165) is 12.8 Å². The number of ether oxygens (including phenoxy) is 1. The van der Waals surface area contributed by atoms with Crippen LogP contribution in [0.4, 0.5) is 0 Å². The summed E-state index contributed by atoms with van der Waals surface area (Å²) in [4.78, 5) is 11.8. The van der Waals surface area contributed by atoms with Crippen LogP contribution in [0.15, 0.2) is 18.2 Å². The fourth-order valence-corrected chi connectivity index (χ4v) is 1.89. The maximum atomic E-state index is 11.8. The zero-order valence-corrected chi connectivity index (χ0v) is 12.2. The van der Waals surface area contributed by atoms with Crippen LogP contribution in [0.3, 0.4) is 0 Å². The molecule has 0 saturated carbocycles. The highest BCUT2D eigenvalue weighted by Gasteiger charge is 2.10. The summed E-state index contributed by atoms with van der Waals surface area (Å²) in [6.07, 6.45) is 2.13. The molecule has 1 rings (SSSR count). The molecule has 0 fully saturated rings. The van der Waals surface area contributed by atoms with Crippen molar-refractivity contribution in [3.05, 3.63) is 33.8 Å². The highest BCUT2D eigenvalue weighted by Crippen LogP contribution is 2.22. The van der Waals surface area contributed by atoms with Gasteiger partial charge in [0.25, 0.3) is 0 Å². The molecule has 2 nitrogen and oxygen atoms in total. The number of carbonyl (C=O) groups is 1. The van der Waals surface area contributed by atoms with Gasteiger partial charge < -0.3 is 4.74 Å². The largest absolute Gasteiger partial charge is 0.373 e. The third-order valence-electron chi connectivity index (χ3n) is 2.98. The number of halogens is 2. The summed E-state index contributed by atoms with van der Waals surface area (Å²) in [7, 11) is 0. The number of rotatable bonds is 7. The molecule has 0 bridgehead atoms. The van der Waals surface area contributed by atoms with Gasteiger partial charge in [-0.3, -0.25) is 4.79 Å². The highest BCUT2D eigenvalue weighted by atomic mass is 35.5. The molecule has 0 unspecified atom stereocenters. The number of Topliss-reactive ketones (excluding diaryl/α,β-unsaturated/α-hetero) is 1. The monoisotopic (exact) mass is 288 g/mol. The first-order valence-corrected chi connectivity index (χ1v) is 6.90. The van der Waals surface area contributed by atoms with E-state index in [1.165, 1.54) is 0 Å². The van der Waals surface area contributed by atoms with E-state index in [1.54, 1.807) is 18.2 Å². The Bertz CT molecular complexity index is 401. The summed E-state index contributed by atoms with van der Waals surface area (Å²) in [5.41, 5.74) is 0.536. The Balaban J connectivity index is 2.48. The lowest BCUT2D eigenvalue weighted by Crippen LogP contribution is -2.14. The van der Waals surface area contributed by atoms with Crippen molar-refractivity contribution in [1.29, 1.82) is 0 Å². The first-order valence-electron chi connectivity index (χ1n) is 6.14. The summed E-state index contributed by atoms with van der Waals surface area (Å²) in [6.45, 7) is 4.96. The summed E-state index contributed by atoms with van der Waals surface area (Å²) < 4.78 is 5.44. The second-order valence-electron chi connectivity index (χ2n) is 4.25. The van der Waals surface area contributed by atoms with Crippen LogP contribution >= 0.6 is 23.2 Å². The van der Waals surface area contributed by atoms with E-state index in [4.69, 9.17) is 27.9 Å². The molecule has 100 valence electrons.